The van der Waals surface area contributed by atoms with Crippen LogP contribution in [0.5, 0.6) is 0 Å². The SMILES string of the molecule is C=C1C=C[C@H]2[C@H]3Cc4ccccc4[C@@]2(CCN3)C1. The van der Waals surface area contributed by atoms with E-state index in [1.54, 1.807) is 11.1 Å². The average molecular weight is 237 g/mol. The highest BCUT2D eigenvalue weighted by Gasteiger charge is 2.50. The second kappa shape index (κ2) is 3.58. The van der Waals surface area contributed by atoms with Crippen molar-refractivity contribution in [2.75, 3.05) is 6.54 Å². The third kappa shape index (κ3) is 1.26. The predicted molar refractivity (Wildman–Crippen MR) is 74.6 cm³/mol. The summed E-state index contributed by atoms with van der Waals surface area (Å²) >= 11 is 0. The first-order valence-electron chi connectivity index (χ1n) is 6.97. The molecule has 1 aromatic carbocycles. The zero-order chi connectivity index (χ0) is 12.2. The molecule has 1 fully saturated rings. The lowest BCUT2D eigenvalue weighted by atomic mass is 9.54. The summed E-state index contributed by atoms with van der Waals surface area (Å²) in [5.74, 6) is 0.659. The molecule has 0 spiro atoms. The summed E-state index contributed by atoms with van der Waals surface area (Å²) in [5, 5.41) is 3.72. The van der Waals surface area contributed by atoms with E-state index in [2.05, 4.69) is 48.3 Å². The van der Waals surface area contributed by atoms with Crippen molar-refractivity contribution in [2.45, 2.75) is 30.7 Å². The van der Waals surface area contributed by atoms with Gasteiger partial charge in [0.25, 0.3) is 0 Å². The first-order chi connectivity index (χ1) is 8.79. The Kier molecular flexibility index (Phi) is 2.10. The Morgan fingerprint density at radius 2 is 2.17 bits per heavy atom. The molecule has 92 valence electrons. The molecule has 1 aromatic rings. The second-order valence-corrected chi connectivity index (χ2v) is 6.05. The van der Waals surface area contributed by atoms with Gasteiger partial charge in [0.15, 0.2) is 0 Å². The standard InChI is InChI=1S/C17H19N/c1-12-6-7-15-16-10-13-4-2-3-5-14(13)17(15,11-12)8-9-18-16/h2-7,15-16,18H,1,8-11H2/t15-,16+,17+/m0/s1. The van der Waals surface area contributed by atoms with Gasteiger partial charge in [-0.05, 0) is 36.9 Å². The Morgan fingerprint density at radius 3 is 3.11 bits per heavy atom. The third-order valence-electron chi connectivity index (χ3n) is 5.12. The molecule has 1 saturated heterocycles. The van der Waals surface area contributed by atoms with Crippen molar-refractivity contribution in [1.82, 2.24) is 5.32 Å². The van der Waals surface area contributed by atoms with E-state index in [-0.39, 0.29) is 0 Å². The summed E-state index contributed by atoms with van der Waals surface area (Å²) in [6, 6.07) is 9.68. The molecule has 3 atom stereocenters. The van der Waals surface area contributed by atoms with Crippen molar-refractivity contribution in [2.24, 2.45) is 5.92 Å². The summed E-state index contributed by atoms with van der Waals surface area (Å²) in [6.07, 6.45) is 8.23. The monoisotopic (exact) mass is 237 g/mol. The fraction of sp³-hybridized carbons (Fsp3) is 0.412. The first kappa shape index (κ1) is 10.6. The zero-order valence-electron chi connectivity index (χ0n) is 10.7. The molecule has 1 aliphatic heterocycles. The van der Waals surface area contributed by atoms with Crippen LogP contribution in [-0.2, 0) is 11.8 Å². The summed E-state index contributed by atoms with van der Waals surface area (Å²) in [5.41, 5.74) is 4.77. The molecule has 0 radical (unpaired) electrons. The van der Waals surface area contributed by atoms with E-state index in [0.29, 0.717) is 17.4 Å². The summed E-state index contributed by atoms with van der Waals surface area (Å²) < 4.78 is 0. The van der Waals surface area contributed by atoms with Gasteiger partial charge in [-0.15, -0.1) is 0 Å². The van der Waals surface area contributed by atoms with Crippen molar-refractivity contribution in [3.8, 4) is 0 Å². The molecule has 1 N–H and O–H groups in total. The van der Waals surface area contributed by atoms with Gasteiger partial charge in [-0.25, -0.2) is 0 Å². The van der Waals surface area contributed by atoms with Crippen LogP contribution in [0, 0.1) is 5.92 Å². The highest BCUT2D eigenvalue weighted by Crippen LogP contribution is 2.52. The Bertz CT molecular complexity index is 542. The van der Waals surface area contributed by atoms with E-state index in [1.807, 2.05) is 0 Å². The molecular weight excluding hydrogens is 218 g/mol. The van der Waals surface area contributed by atoms with Crippen molar-refractivity contribution in [3.05, 3.63) is 59.7 Å². The number of hydrogen-bond acceptors (Lipinski definition) is 1. The van der Waals surface area contributed by atoms with Gasteiger partial charge in [-0.2, -0.15) is 0 Å². The fourth-order valence-electron chi connectivity index (χ4n) is 4.42. The normalized spacial score (nSPS) is 37.0. The molecule has 0 unspecified atom stereocenters. The van der Waals surface area contributed by atoms with Crippen molar-refractivity contribution < 1.29 is 0 Å². The number of rotatable bonds is 0. The van der Waals surface area contributed by atoms with Crippen LogP contribution in [0.2, 0.25) is 0 Å². The molecule has 18 heavy (non-hydrogen) atoms. The van der Waals surface area contributed by atoms with Crippen molar-refractivity contribution in [3.63, 3.8) is 0 Å². The van der Waals surface area contributed by atoms with Crippen LogP contribution in [0.4, 0.5) is 0 Å². The van der Waals surface area contributed by atoms with E-state index >= 15 is 0 Å². The van der Waals surface area contributed by atoms with Crippen LogP contribution in [0.15, 0.2) is 48.6 Å². The maximum atomic E-state index is 4.21. The Balaban J connectivity index is 1.96. The molecule has 1 nitrogen and oxygen atoms in total. The van der Waals surface area contributed by atoms with Gasteiger partial charge < -0.3 is 5.32 Å². The van der Waals surface area contributed by atoms with Crippen molar-refractivity contribution in [1.29, 1.82) is 0 Å². The molecule has 0 aromatic heterocycles. The first-order valence-corrected chi connectivity index (χ1v) is 6.97. The predicted octanol–water partition coefficient (Wildman–Crippen LogP) is 2.97. The summed E-state index contributed by atoms with van der Waals surface area (Å²) in [6.45, 7) is 5.36. The number of benzene rings is 1. The van der Waals surface area contributed by atoms with Crippen LogP contribution < -0.4 is 5.32 Å². The van der Waals surface area contributed by atoms with Gasteiger partial charge >= 0.3 is 0 Å². The van der Waals surface area contributed by atoms with Gasteiger partial charge in [0.1, 0.15) is 0 Å². The highest BCUT2D eigenvalue weighted by atomic mass is 15.0. The maximum absolute atomic E-state index is 4.21. The van der Waals surface area contributed by atoms with E-state index in [0.717, 1.165) is 13.0 Å². The molecular formula is C17H19N. The Morgan fingerprint density at radius 1 is 1.28 bits per heavy atom. The molecule has 1 heteroatoms. The smallest absolute Gasteiger partial charge is 0.0179 e. The zero-order valence-corrected chi connectivity index (χ0v) is 10.7. The summed E-state index contributed by atoms with van der Waals surface area (Å²) in [7, 11) is 0. The number of fused-ring (bicyclic) bond motifs is 1. The number of allylic oxidation sites excluding steroid dienone is 2. The van der Waals surface area contributed by atoms with Gasteiger partial charge in [0.05, 0.1) is 0 Å². The molecule has 0 saturated carbocycles. The lowest BCUT2D eigenvalue weighted by molar-refractivity contribution is 0.159. The van der Waals surface area contributed by atoms with Gasteiger partial charge in [0, 0.05) is 17.4 Å². The Hall–Kier alpha value is -1.34. The van der Waals surface area contributed by atoms with Crippen LogP contribution >= 0.6 is 0 Å². The number of nitrogens with one attached hydrogen (secondary N) is 1. The Labute approximate surface area is 109 Å². The lowest BCUT2D eigenvalue weighted by Gasteiger charge is -2.54. The quantitative estimate of drug-likeness (QED) is 0.731. The molecule has 4 rings (SSSR count). The molecule has 3 aliphatic rings. The van der Waals surface area contributed by atoms with Gasteiger partial charge in [0.2, 0.25) is 0 Å². The minimum Gasteiger partial charge on any atom is -0.313 e. The molecule has 2 bridgehead atoms. The third-order valence-corrected chi connectivity index (χ3v) is 5.12. The van der Waals surface area contributed by atoms with E-state index in [9.17, 15) is 0 Å². The second-order valence-electron chi connectivity index (χ2n) is 6.05. The lowest BCUT2D eigenvalue weighted by Crippen LogP contribution is -2.58. The van der Waals surface area contributed by atoms with Gasteiger partial charge in [-0.3, -0.25) is 0 Å². The van der Waals surface area contributed by atoms with Crippen LogP contribution in [0.1, 0.15) is 24.0 Å². The van der Waals surface area contributed by atoms with E-state index in [4.69, 9.17) is 0 Å². The van der Waals surface area contributed by atoms with E-state index in [1.165, 1.54) is 18.4 Å². The molecule has 2 aliphatic carbocycles. The minimum atomic E-state index is 0.330. The van der Waals surface area contributed by atoms with Crippen LogP contribution in [0.3, 0.4) is 0 Å². The van der Waals surface area contributed by atoms with Crippen LogP contribution in [-0.4, -0.2) is 12.6 Å². The molecule has 1 heterocycles. The number of piperidine rings is 1. The topological polar surface area (TPSA) is 12.0 Å². The minimum absolute atomic E-state index is 0.330. The van der Waals surface area contributed by atoms with Crippen LogP contribution in [0.25, 0.3) is 0 Å². The van der Waals surface area contributed by atoms with E-state index < -0.39 is 0 Å². The summed E-state index contributed by atoms with van der Waals surface area (Å²) in [4.78, 5) is 0. The van der Waals surface area contributed by atoms with Gasteiger partial charge in [-0.1, -0.05) is 48.6 Å². The largest absolute Gasteiger partial charge is 0.313 e. The number of hydrogen-bond donors (Lipinski definition) is 1. The van der Waals surface area contributed by atoms with Crippen molar-refractivity contribution >= 4 is 0 Å². The molecule has 0 amide bonds. The maximum Gasteiger partial charge on any atom is 0.0179 e. The highest BCUT2D eigenvalue weighted by molar-refractivity contribution is 5.46. The fourth-order valence-corrected chi connectivity index (χ4v) is 4.42. The average Bonchev–Trinajstić information content (AvgIpc) is 2.38.